The van der Waals surface area contributed by atoms with Crippen molar-refractivity contribution in [3.63, 3.8) is 0 Å². The third-order valence-electron chi connectivity index (χ3n) is 4.30. The van der Waals surface area contributed by atoms with E-state index in [1.165, 1.54) is 18.4 Å². The number of ether oxygens (including phenoxy) is 1. The van der Waals surface area contributed by atoms with E-state index in [1.54, 1.807) is 18.2 Å². The van der Waals surface area contributed by atoms with Crippen LogP contribution in [-0.4, -0.2) is 25.4 Å². The molecule has 1 aromatic heterocycles. The molecule has 0 aliphatic heterocycles. The Balaban J connectivity index is 1.67. The van der Waals surface area contributed by atoms with E-state index < -0.39 is 14.9 Å². The zero-order chi connectivity index (χ0) is 21.3. The molecule has 10 heteroatoms. The Labute approximate surface area is 176 Å². The minimum atomic E-state index is -4.04. The summed E-state index contributed by atoms with van der Waals surface area (Å²) >= 11 is 1.51. The van der Waals surface area contributed by atoms with E-state index in [2.05, 4.69) is 9.71 Å². The molecule has 0 saturated carbocycles. The summed E-state index contributed by atoms with van der Waals surface area (Å²) in [6.45, 7) is 0. The predicted octanol–water partition coefficient (Wildman–Crippen LogP) is 4.68. The largest absolute Gasteiger partial charge is 0.495 e. The maximum absolute atomic E-state index is 12.9. The lowest BCUT2D eigenvalue weighted by atomic mass is 10.2. The molecule has 0 fully saturated rings. The molecular weight excluding hydrogens is 426 g/mol. The molecule has 0 aliphatic carbocycles. The van der Waals surface area contributed by atoms with Gasteiger partial charge in [0.1, 0.15) is 15.7 Å². The standard InChI is InChI=1S/C20H15N3O5S2/c1-28-17-12-15(23(24)25)9-10-19(17)30(26,27)22-14-6-4-5-13(11-14)20-21-16-7-2-3-8-18(16)29-20/h2-12,22H,1H3. The van der Waals surface area contributed by atoms with Crippen LogP contribution in [0.3, 0.4) is 0 Å². The van der Waals surface area contributed by atoms with Crippen molar-refractivity contribution in [2.24, 2.45) is 0 Å². The number of methoxy groups -OCH3 is 1. The van der Waals surface area contributed by atoms with E-state index in [0.717, 1.165) is 39.0 Å². The van der Waals surface area contributed by atoms with E-state index in [1.807, 2.05) is 30.3 Å². The molecule has 0 saturated heterocycles. The van der Waals surface area contributed by atoms with Gasteiger partial charge in [0.05, 0.1) is 28.3 Å². The molecule has 4 rings (SSSR count). The highest BCUT2D eigenvalue weighted by Crippen LogP contribution is 2.33. The summed E-state index contributed by atoms with van der Waals surface area (Å²) in [5.74, 6) is -0.112. The fourth-order valence-electron chi connectivity index (χ4n) is 2.91. The van der Waals surface area contributed by atoms with Crippen molar-refractivity contribution in [2.75, 3.05) is 11.8 Å². The molecule has 0 amide bonds. The van der Waals surface area contributed by atoms with Crippen LogP contribution < -0.4 is 9.46 Å². The first kappa shape index (κ1) is 19.8. The monoisotopic (exact) mass is 441 g/mol. The smallest absolute Gasteiger partial charge is 0.273 e. The lowest BCUT2D eigenvalue weighted by Gasteiger charge is -2.12. The number of non-ortho nitro benzene ring substituents is 1. The van der Waals surface area contributed by atoms with Gasteiger partial charge >= 0.3 is 0 Å². The van der Waals surface area contributed by atoms with Crippen LogP contribution in [-0.2, 0) is 10.0 Å². The van der Waals surface area contributed by atoms with Gasteiger partial charge in [-0.2, -0.15) is 0 Å². The fraction of sp³-hybridized carbons (Fsp3) is 0.0500. The molecular formula is C20H15N3O5S2. The van der Waals surface area contributed by atoms with E-state index in [4.69, 9.17) is 4.74 Å². The quantitative estimate of drug-likeness (QED) is 0.343. The van der Waals surface area contributed by atoms with Gasteiger partial charge in [0.25, 0.3) is 15.7 Å². The third-order valence-corrected chi connectivity index (χ3v) is 6.81. The Morgan fingerprint density at radius 1 is 1.07 bits per heavy atom. The number of aromatic nitrogens is 1. The van der Waals surface area contributed by atoms with Gasteiger partial charge < -0.3 is 4.74 Å². The van der Waals surface area contributed by atoms with Gasteiger partial charge in [-0.05, 0) is 30.3 Å². The van der Waals surface area contributed by atoms with Crippen LogP contribution in [0.15, 0.2) is 71.6 Å². The number of para-hydroxylation sites is 1. The summed E-state index contributed by atoms with van der Waals surface area (Å²) in [6.07, 6.45) is 0. The number of rotatable bonds is 6. The molecule has 0 spiro atoms. The second-order valence-corrected chi connectivity index (χ2v) is 8.95. The molecule has 152 valence electrons. The number of benzene rings is 3. The zero-order valence-corrected chi connectivity index (χ0v) is 17.2. The van der Waals surface area contributed by atoms with Crippen LogP contribution in [0.2, 0.25) is 0 Å². The van der Waals surface area contributed by atoms with Gasteiger partial charge in [-0.3, -0.25) is 14.8 Å². The van der Waals surface area contributed by atoms with Gasteiger partial charge in [0.2, 0.25) is 0 Å². The molecule has 4 aromatic rings. The molecule has 0 radical (unpaired) electrons. The number of sulfonamides is 1. The summed E-state index contributed by atoms with van der Waals surface area (Å²) < 4.78 is 34.3. The van der Waals surface area contributed by atoms with Crippen molar-refractivity contribution in [3.8, 4) is 16.3 Å². The van der Waals surface area contributed by atoms with Crippen molar-refractivity contribution >= 4 is 43.0 Å². The van der Waals surface area contributed by atoms with Gasteiger partial charge in [-0.15, -0.1) is 11.3 Å². The molecule has 8 nitrogen and oxygen atoms in total. The molecule has 0 bridgehead atoms. The first-order valence-corrected chi connectivity index (χ1v) is 11.0. The van der Waals surface area contributed by atoms with Crippen molar-refractivity contribution in [2.45, 2.75) is 4.90 Å². The lowest BCUT2D eigenvalue weighted by Crippen LogP contribution is -2.14. The second kappa shape index (κ2) is 7.73. The molecule has 3 aromatic carbocycles. The average molecular weight is 441 g/mol. The predicted molar refractivity (Wildman–Crippen MR) is 116 cm³/mol. The molecule has 0 atom stereocenters. The number of nitro benzene ring substituents is 1. The van der Waals surface area contributed by atoms with E-state index in [9.17, 15) is 18.5 Å². The van der Waals surface area contributed by atoms with Crippen LogP contribution in [0.5, 0.6) is 5.75 Å². The highest BCUT2D eigenvalue weighted by Gasteiger charge is 2.22. The summed E-state index contributed by atoms with van der Waals surface area (Å²) in [4.78, 5) is 14.7. The Bertz CT molecular complexity index is 1330. The molecule has 0 unspecified atom stereocenters. The number of anilines is 1. The maximum Gasteiger partial charge on any atom is 0.273 e. The molecule has 1 N–H and O–H groups in total. The summed E-state index contributed by atoms with van der Waals surface area (Å²) in [5, 5.41) is 11.7. The summed E-state index contributed by atoms with van der Waals surface area (Å²) in [7, 11) is -2.78. The average Bonchev–Trinajstić information content (AvgIpc) is 3.17. The Hall–Kier alpha value is -3.50. The summed E-state index contributed by atoms with van der Waals surface area (Å²) in [6, 6.07) is 18.0. The number of nitro groups is 1. The molecule has 0 aliphatic rings. The van der Waals surface area contributed by atoms with Gasteiger partial charge in [-0.25, -0.2) is 13.4 Å². The van der Waals surface area contributed by atoms with Crippen LogP contribution >= 0.6 is 11.3 Å². The number of hydrogen-bond acceptors (Lipinski definition) is 7. The molecule has 1 heterocycles. The number of nitrogens with one attached hydrogen (secondary N) is 1. The Morgan fingerprint density at radius 3 is 2.60 bits per heavy atom. The number of thiazole rings is 1. The lowest BCUT2D eigenvalue weighted by molar-refractivity contribution is -0.385. The van der Waals surface area contributed by atoms with Gasteiger partial charge in [0.15, 0.2) is 0 Å². The minimum absolute atomic E-state index is 0.112. The van der Waals surface area contributed by atoms with Crippen molar-refractivity contribution in [1.29, 1.82) is 0 Å². The normalized spacial score (nSPS) is 11.4. The van der Waals surface area contributed by atoms with Crippen LogP contribution in [0.4, 0.5) is 11.4 Å². The minimum Gasteiger partial charge on any atom is -0.495 e. The first-order valence-electron chi connectivity index (χ1n) is 8.68. The fourth-order valence-corrected chi connectivity index (χ4v) is 5.08. The number of nitrogens with zero attached hydrogens (tertiary/aromatic N) is 2. The van der Waals surface area contributed by atoms with E-state index in [-0.39, 0.29) is 16.3 Å². The number of hydrogen-bond donors (Lipinski definition) is 1. The van der Waals surface area contributed by atoms with Gasteiger partial charge in [0, 0.05) is 17.3 Å². The SMILES string of the molecule is COc1cc([N+](=O)[O-])ccc1S(=O)(=O)Nc1cccc(-c2nc3ccccc3s2)c1. The summed E-state index contributed by atoms with van der Waals surface area (Å²) in [5.41, 5.74) is 1.72. The van der Waals surface area contributed by atoms with Gasteiger partial charge in [-0.1, -0.05) is 24.3 Å². The number of fused-ring (bicyclic) bond motifs is 1. The first-order chi connectivity index (χ1) is 14.4. The topological polar surface area (TPSA) is 111 Å². The van der Waals surface area contributed by atoms with Crippen molar-refractivity contribution in [1.82, 2.24) is 4.98 Å². The van der Waals surface area contributed by atoms with E-state index >= 15 is 0 Å². The van der Waals surface area contributed by atoms with E-state index in [0.29, 0.717) is 5.69 Å². The van der Waals surface area contributed by atoms with Crippen LogP contribution in [0.25, 0.3) is 20.8 Å². The van der Waals surface area contributed by atoms with Crippen molar-refractivity contribution < 1.29 is 18.1 Å². The third kappa shape index (κ3) is 3.82. The zero-order valence-electron chi connectivity index (χ0n) is 15.6. The Kier molecular flexibility index (Phi) is 5.10. The van der Waals surface area contributed by atoms with Crippen molar-refractivity contribution in [3.05, 3.63) is 76.8 Å². The second-order valence-electron chi connectivity index (χ2n) is 6.27. The van der Waals surface area contributed by atoms with Crippen LogP contribution in [0, 0.1) is 10.1 Å². The molecule has 30 heavy (non-hydrogen) atoms. The van der Waals surface area contributed by atoms with Crippen LogP contribution in [0.1, 0.15) is 0 Å². The highest BCUT2D eigenvalue weighted by molar-refractivity contribution is 7.92. The highest BCUT2D eigenvalue weighted by atomic mass is 32.2. The maximum atomic E-state index is 12.9. The Morgan fingerprint density at radius 2 is 1.87 bits per heavy atom.